The van der Waals surface area contributed by atoms with Gasteiger partial charge in [-0.15, -0.1) is 0 Å². The summed E-state index contributed by atoms with van der Waals surface area (Å²) >= 11 is 0. The normalized spacial score (nSPS) is 13.0. The van der Waals surface area contributed by atoms with E-state index in [4.69, 9.17) is 0 Å². The predicted octanol–water partition coefficient (Wildman–Crippen LogP) is 3.09. The third kappa shape index (κ3) is 2.57. The highest BCUT2D eigenvalue weighted by Crippen LogP contribution is 2.28. The molecule has 5 heteroatoms. The van der Waals surface area contributed by atoms with Crippen molar-refractivity contribution in [2.45, 2.75) is 19.3 Å². The van der Waals surface area contributed by atoms with E-state index in [9.17, 15) is 17.3 Å². The minimum absolute atomic E-state index is 0.173. The molecule has 0 N–H and O–H groups in total. The first-order valence-electron chi connectivity index (χ1n) is 4.08. The second-order valence-corrected chi connectivity index (χ2v) is 7.07. The maximum Gasteiger partial charge on any atom is 0.416 e. The molecule has 0 atom stereocenters. The molecule has 0 bridgehead atoms. The fourth-order valence-corrected chi connectivity index (χ4v) is 2.06. The average Bonchev–Trinajstić information content (AvgIpc) is 2.01. The van der Waals surface area contributed by atoms with E-state index in [0.717, 1.165) is 12.1 Å². The average molecular weight is 222 g/mol. The predicted molar refractivity (Wildman–Crippen MR) is 49.7 cm³/mol. The number of rotatable bonds is 1. The van der Waals surface area contributed by atoms with Crippen molar-refractivity contribution in [2.75, 3.05) is 0 Å². The summed E-state index contributed by atoms with van der Waals surface area (Å²) in [6, 6.07) is 4.49. The van der Waals surface area contributed by atoms with Crippen LogP contribution in [0.2, 0.25) is 13.1 Å². The van der Waals surface area contributed by atoms with Crippen molar-refractivity contribution >= 4 is 13.6 Å². The Morgan fingerprint density at radius 3 is 2.14 bits per heavy atom. The number of halogens is 4. The summed E-state index contributed by atoms with van der Waals surface area (Å²) in [5.74, 6) is 0. The van der Waals surface area contributed by atoms with Gasteiger partial charge in [-0.2, -0.15) is 13.2 Å². The molecule has 0 aliphatic carbocycles. The topological polar surface area (TPSA) is 0 Å². The second kappa shape index (κ2) is 3.38. The Kier molecular flexibility index (Phi) is 2.71. The molecule has 0 radical (unpaired) electrons. The van der Waals surface area contributed by atoms with Crippen molar-refractivity contribution < 1.29 is 17.3 Å². The molecular weight excluding hydrogens is 212 g/mol. The summed E-state index contributed by atoms with van der Waals surface area (Å²) in [6.07, 6.45) is -4.39. The summed E-state index contributed by atoms with van der Waals surface area (Å²) in [5.41, 5.74) is -0.784. The molecule has 0 fully saturated rings. The van der Waals surface area contributed by atoms with E-state index in [1.54, 1.807) is 0 Å². The molecular formula is C9H10F4Si. The first-order valence-corrected chi connectivity index (χ1v) is 6.96. The van der Waals surface area contributed by atoms with Crippen molar-refractivity contribution in [1.29, 1.82) is 0 Å². The van der Waals surface area contributed by atoms with Crippen LogP contribution in [0.3, 0.4) is 0 Å². The van der Waals surface area contributed by atoms with Crippen molar-refractivity contribution in [2.24, 2.45) is 0 Å². The first kappa shape index (κ1) is 11.2. The molecule has 1 aromatic rings. The Morgan fingerprint density at radius 1 is 1.14 bits per heavy atom. The SMILES string of the molecule is C[Si](C)(F)c1cccc(C(F)(F)F)c1. The minimum atomic E-state index is -4.39. The maximum absolute atomic E-state index is 13.5. The van der Waals surface area contributed by atoms with E-state index in [0.29, 0.717) is 0 Å². The highest BCUT2D eigenvalue weighted by Gasteiger charge is 2.32. The van der Waals surface area contributed by atoms with Crippen LogP contribution in [0.5, 0.6) is 0 Å². The summed E-state index contributed by atoms with van der Waals surface area (Å²) in [6.45, 7) is 2.73. The number of benzene rings is 1. The fraction of sp³-hybridized carbons (Fsp3) is 0.333. The van der Waals surface area contributed by atoms with Gasteiger partial charge in [0.15, 0.2) is 0 Å². The van der Waals surface area contributed by atoms with Gasteiger partial charge in [-0.25, -0.2) is 0 Å². The van der Waals surface area contributed by atoms with E-state index in [-0.39, 0.29) is 5.19 Å². The monoisotopic (exact) mass is 222 g/mol. The van der Waals surface area contributed by atoms with Crippen molar-refractivity contribution in [3.8, 4) is 0 Å². The third-order valence-electron chi connectivity index (χ3n) is 1.88. The van der Waals surface area contributed by atoms with Crippen LogP contribution in [0.1, 0.15) is 5.56 Å². The highest BCUT2D eigenvalue weighted by molar-refractivity contribution is 6.83. The van der Waals surface area contributed by atoms with Gasteiger partial charge in [0.25, 0.3) is 8.41 Å². The van der Waals surface area contributed by atoms with Gasteiger partial charge in [0.05, 0.1) is 5.56 Å². The second-order valence-electron chi connectivity index (χ2n) is 3.55. The standard InChI is InChI=1S/C9H10F4Si/c1-14(2,13)8-5-3-4-7(6-8)9(10,11)12/h3-6H,1-2H3. The zero-order chi connectivity index (χ0) is 11.0. The zero-order valence-corrected chi connectivity index (χ0v) is 8.82. The molecule has 0 saturated carbocycles. The van der Waals surface area contributed by atoms with Crippen LogP contribution in [0, 0.1) is 0 Å². The van der Waals surface area contributed by atoms with Crippen LogP contribution in [-0.2, 0) is 6.18 Å². The van der Waals surface area contributed by atoms with Gasteiger partial charge < -0.3 is 4.11 Å². The van der Waals surface area contributed by atoms with E-state index < -0.39 is 20.1 Å². The minimum Gasteiger partial charge on any atom is -0.308 e. The molecule has 0 amide bonds. The third-order valence-corrected chi connectivity index (χ3v) is 3.56. The number of hydrogen-bond acceptors (Lipinski definition) is 0. The molecule has 0 spiro atoms. The number of hydrogen-bond donors (Lipinski definition) is 0. The van der Waals surface area contributed by atoms with Crippen LogP contribution < -0.4 is 5.19 Å². The molecule has 1 aromatic carbocycles. The Labute approximate surface area is 80.7 Å². The summed E-state index contributed by atoms with van der Waals surface area (Å²) in [5, 5.41) is 0.173. The Bertz CT molecular complexity index is 295. The number of alkyl halides is 3. The molecule has 0 heterocycles. The molecule has 0 nitrogen and oxygen atoms in total. The van der Waals surface area contributed by atoms with Gasteiger partial charge in [0.2, 0.25) is 0 Å². The maximum atomic E-state index is 13.5. The Hall–Kier alpha value is -0.843. The van der Waals surface area contributed by atoms with E-state index in [1.165, 1.54) is 25.2 Å². The van der Waals surface area contributed by atoms with E-state index >= 15 is 0 Å². The molecule has 0 unspecified atom stereocenters. The lowest BCUT2D eigenvalue weighted by Crippen LogP contribution is -2.36. The van der Waals surface area contributed by atoms with Crippen molar-refractivity contribution in [3.05, 3.63) is 29.8 Å². The summed E-state index contributed by atoms with van der Waals surface area (Å²) in [4.78, 5) is 0. The zero-order valence-electron chi connectivity index (χ0n) is 7.82. The van der Waals surface area contributed by atoms with E-state index in [1.807, 2.05) is 0 Å². The lowest BCUT2D eigenvalue weighted by Gasteiger charge is -2.14. The van der Waals surface area contributed by atoms with Gasteiger partial charge in [-0.1, -0.05) is 18.2 Å². The lowest BCUT2D eigenvalue weighted by atomic mass is 10.2. The van der Waals surface area contributed by atoms with Gasteiger partial charge >= 0.3 is 6.18 Å². The molecule has 78 valence electrons. The fourth-order valence-electron chi connectivity index (χ4n) is 1.07. The Balaban J connectivity index is 3.15. The van der Waals surface area contributed by atoms with Crippen LogP contribution in [0.25, 0.3) is 0 Å². The summed E-state index contributed by atoms with van der Waals surface area (Å²) < 4.78 is 50.2. The van der Waals surface area contributed by atoms with Gasteiger partial charge in [0.1, 0.15) is 0 Å². The van der Waals surface area contributed by atoms with Crippen LogP contribution >= 0.6 is 0 Å². The molecule has 14 heavy (non-hydrogen) atoms. The van der Waals surface area contributed by atoms with Crippen molar-refractivity contribution in [3.63, 3.8) is 0 Å². The largest absolute Gasteiger partial charge is 0.416 e. The van der Waals surface area contributed by atoms with Crippen molar-refractivity contribution in [1.82, 2.24) is 0 Å². The van der Waals surface area contributed by atoms with Crippen LogP contribution in [-0.4, -0.2) is 8.41 Å². The smallest absolute Gasteiger partial charge is 0.308 e. The first-order chi connectivity index (χ1) is 6.21. The van der Waals surface area contributed by atoms with E-state index in [2.05, 4.69) is 0 Å². The highest BCUT2D eigenvalue weighted by atomic mass is 28.4. The molecule has 0 aromatic heterocycles. The van der Waals surface area contributed by atoms with Crippen LogP contribution in [0.15, 0.2) is 24.3 Å². The van der Waals surface area contributed by atoms with Gasteiger partial charge in [0, 0.05) is 0 Å². The molecule has 0 aliphatic heterocycles. The molecule has 0 aliphatic rings. The molecule has 0 saturated heterocycles. The van der Waals surface area contributed by atoms with Gasteiger partial charge in [-0.05, 0) is 24.3 Å². The van der Waals surface area contributed by atoms with Crippen LogP contribution in [0.4, 0.5) is 17.3 Å². The van der Waals surface area contributed by atoms with Gasteiger partial charge in [-0.3, -0.25) is 0 Å². The summed E-state index contributed by atoms with van der Waals surface area (Å²) in [7, 11) is -3.14. The Morgan fingerprint density at radius 2 is 1.71 bits per heavy atom. The quantitative estimate of drug-likeness (QED) is 0.389. The lowest BCUT2D eigenvalue weighted by molar-refractivity contribution is -0.137. The molecule has 1 rings (SSSR count).